The van der Waals surface area contributed by atoms with E-state index in [0.717, 1.165) is 37.0 Å². The summed E-state index contributed by atoms with van der Waals surface area (Å²) < 4.78 is 38.0. The van der Waals surface area contributed by atoms with E-state index < -0.39 is 15.9 Å². The molecule has 4 rings (SSSR count). The standard InChI is InChI=1S/C23H26N4O5S/c1-31-19-10-6-17(7-11-19)16-21-25-26-23(32-21)24-22(28)18-8-12-20(13-9-18)33(29,30)27-14-4-2-3-5-15-27/h6-13H,2-5,14-16H2,1H3,(H,24,26,28). The van der Waals surface area contributed by atoms with Gasteiger partial charge in [-0.1, -0.05) is 30.1 Å². The monoisotopic (exact) mass is 470 g/mol. The Kier molecular flexibility index (Phi) is 7.05. The molecule has 174 valence electrons. The second-order valence-electron chi connectivity index (χ2n) is 7.82. The normalized spacial score (nSPS) is 15.1. The first-order valence-electron chi connectivity index (χ1n) is 10.8. The Hall–Kier alpha value is -3.24. The first-order valence-corrected chi connectivity index (χ1v) is 12.3. The van der Waals surface area contributed by atoms with Crippen molar-refractivity contribution in [2.45, 2.75) is 37.0 Å². The van der Waals surface area contributed by atoms with Gasteiger partial charge in [-0.15, -0.1) is 5.10 Å². The van der Waals surface area contributed by atoms with Crippen molar-refractivity contribution < 1.29 is 22.4 Å². The van der Waals surface area contributed by atoms with Crippen LogP contribution in [0.4, 0.5) is 6.01 Å². The van der Waals surface area contributed by atoms with Crippen molar-refractivity contribution >= 4 is 21.9 Å². The third-order valence-corrected chi connectivity index (χ3v) is 7.43. The summed E-state index contributed by atoms with van der Waals surface area (Å²) in [4.78, 5) is 12.7. The molecule has 9 nitrogen and oxygen atoms in total. The number of aromatic nitrogens is 2. The Morgan fingerprint density at radius 3 is 2.30 bits per heavy atom. The Morgan fingerprint density at radius 2 is 1.67 bits per heavy atom. The molecule has 0 atom stereocenters. The van der Waals surface area contributed by atoms with Crippen molar-refractivity contribution in [2.75, 3.05) is 25.5 Å². The first kappa shape index (κ1) is 22.9. The number of anilines is 1. The molecule has 0 spiro atoms. The van der Waals surface area contributed by atoms with Gasteiger partial charge in [-0.25, -0.2) is 8.42 Å². The van der Waals surface area contributed by atoms with Gasteiger partial charge >= 0.3 is 6.01 Å². The number of carbonyl (C=O) groups excluding carboxylic acids is 1. The van der Waals surface area contributed by atoms with Gasteiger partial charge in [-0.2, -0.15) is 4.31 Å². The molecule has 0 bridgehead atoms. The minimum Gasteiger partial charge on any atom is -0.497 e. The fourth-order valence-electron chi connectivity index (χ4n) is 3.67. The largest absolute Gasteiger partial charge is 0.497 e. The minimum absolute atomic E-state index is 0.0234. The van der Waals surface area contributed by atoms with Crippen LogP contribution in [0.5, 0.6) is 5.75 Å². The van der Waals surface area contributed by atoms with Crippen LogP contribution < -0.4 is 10.1 Å². The molecular weight excluding hydrogens is 444 g/mol. The lowest BCUT2D eigenvalue weighted by Gasteiger charge is -2.19. The van der Waals surface area contributed by atoms with Crippen LogP contribution >= 0.6 is 0 Å². The molecule has 1 aliphatic rings. The van der Waals surface area contributed by atoms with Crippen molar-refractivity contribution in [3.8, 4) is 5.75 Å². The van der Waals surface area contributed by atoms with Crippen molar-refractivity contribution in [2.24, 2.45) is 0 Å². The molecule has 1 amide bonds. The van der Waals surface area contributed by atoms with E-state index in [1.165, 1.54) is 28.6 Å². The molecule has 33 heavy (non-hydrogen) atoms. The zero-order valence-corrected chi connectivity index (χ0v) is 19.2. The number of ether oxygens (including phenoxy) is 1. The maximum absolute atomic E-state index is 12.9. The smallest absolute Gasteiger partial charge is 0.322 e. The van der Waals surface area contributed by atoms with Gasteiger partial charge in [0.05, 0.1) is 18.4 Å². The fraction of sp³-hybridized carbons (Fsp3) is 0.348. The molecule has 1 aliphatic heterocycles. The number of rotatable bonds is 7. The van der Waals surface area contributed by atoms with Crippen LogP contribution in [-0.2, 0) is 16.4 Å². The van der Waals surface area contributed by atoms with Crippen molar-refractivity contribution in [1.82, 2.24) is 14.5 Å². The third-order valence-electron chi connectivity index (χ3n) is 5.52. The number of benzene rings is 2. The van der Waals surface area contributed by atoms with Crippen LogP contribution in [0.1, 0.15) is 47.5 Å². The summed E-state index contributed by atoms with van der Waals surface area (Å²) in [6.45, 7) is 1.06. The van der Waals surface area contributed by atoms with Gasteiger partial charge in [0.25, 0.3) is 5.91 Å². The van der Waals surface area contributed by atoms with Crippen molar-refractivity contribution in [3.63, 3.8) is 0 Å². The number of nitrogens with one attached hydrogen (secondary N) is 1. The topological polar surface area (TPSA) is 115 Å². The van der Waals surface area contributed by atoms with Crippen molar-refractivity contribution in [3.05, 3.63) is 65.5 Å². The SMILES string of the molecule is COc1ccc(Cc2nnc(NC(=O)c3ccc(S(=O)(=O)N4CCCCCC4)cc3)o2)cc1. The van der Waals surface area contributed by atoms with E-state index in [1.807, 2.05) is 24.3 Å². The molecule has 0 aliphatic carbocycles. The molecule has 1 fully saturated rings. The summed E-state index contributed by atoms with van der Waals surface area (Å²) in [5.41, 5.74) is 1.25. The van der Waals surface area contributed by atoms with E-state index in [2.05, 4.69) is 15.5 Å². The van der Waals surface area contributed by atoms with Gasteiger partial charge in [0.2, 0.25) is 15.9 Å². The number of amides is 1. The molecular formula is C23H26N4O5S. The van der Waals surface area contributed by atoms with E-state index in [4.69, 9.17) is 9.15 Å². The quantitative estimate of drug-likeness (QED) is 0.562. The van der Waals surface area contributed by atoms with E-state index >= 15 is 0 Å². The predicted octanol–water partition coefficient (Wildman–Crippen LogP) is 3.49. The Bertz CT molecular complexity index is 1180. The molecule has 2 heterocycles. The molecule has 0 radical (unpaired) electrons. The van der Waals surface area contributed by atoms with Gasteiger partial charge in [-0.3, -0.25) is 10.1 Å². The summed E-state index contributed by atoms with van der Waals surface area (Å²) in [6.07, 6.45) is 4.23. The highest BCUT2D eigenvalue weighted by molar-refractivity contribution is 7.89. The maximum Gasteiger partial charge on any atom is 0.322 e. The number of methoxy groups -OCH3 is 1. The van der Waals surface area contributed by atoms with Crippen LogP contribution in [0.25, 0.3) is 0 Å². The van der Waals surface area contributed by atoms with E-state index in [1.54, 1.807) is 7.11 Å². The molecule has 0 unspecified atom stereocenters. The highest BCUT2D eigenvalue weighted by Crippen LogP contribution is 2.21. The predicted molar refractivity (Wildman–Crippen MR) is 122 cm³/mol. The van der Waals surface area contributed by atoms with Crippen LogP contribution in [-0.4, -0.2) is 49.0 Å². The summed E-state index contributed by atoms with van der Waals surface area (Å²) in [7, 11) is -1.96. The Morgan fingerprint density at radius 1 is 1.00 bits per heavy atom. The molecule has 1 N–H and O–H groups in total. The second-order valence-corrected chi connectivity index (χ2v) is 9.76. The Balaban J connectivity index is 1.38. The van der Waals surface area contributed by atoms with E-state index in [9.17, 15) is 13.2 Å². The summed E-state index contributed by atoms with van der Waals surface area (Å²) >= 11 is 0. The molecule has 2 aromatic carbocycles. The van der Waals surface area contributed by atoms with Gasteiger partial charge in [0, 0.05) is 18.7 Å². The number of hydrogen-bond donors (Lipinski definition) is 1. The average Bonchev–Trinajstić information content (AvgIpc) is 3.08. The molecule has 10 heteroatoms. The maximum atomic E-state index is 12.9. The van der Waals surface area contributed by atoms with E-state index in [0.29, 0.717) is 31.0 Å². The molecule has 1 saturated heterocycles. The van der Waals surface area contributed by atoms with Gasteiger partial charge in [0.15, 0.2) is 0 Å². The number of nitrogens with zero attached hydrogens (tertiary/aromatic N) is 3. The molecule has 3 aromatic rings. The number of sulfonamides is 1. The van der Waals surface area contributed by atoms with Gasteiger partial charge in [-0.05, 0) is 54.8 Å². The van der Waals surface area contributed by atoms with Crippen LogP contribution in [0.3, 0.4) is 0 Å². The summed E-state index contributed by atoms with van der Waals surface area (Å²) in [5.74, 6) is 0.644. The third kappa shape index (κ3) is 5.58. The average molecular weight is 471 g/mol. The van der Waals surface area contributed by atoms with Crippen LogP contribution in [0.2, 0.25) is 0 Å². The molecule has 1 aromatic heterocycles. The molecule has 0 saturated carbocycles. The number of hydrogen-bond acceptors (Lipinski definition) is 7. The summed E-state index contributed by atoms with van der Waals surface area (Å²) in [6, 6.07) is 13.3. The lowest BCUT2D eigenvalue weighted by molar-refractivity contribution is 0.102. The highest BCUT2D eigenvalue weighted by atomic mass is 32.2. The van der Waals surface area contributed by atoms with E-state index in [-0.39, 0.29) is 10.9 Å². The summed E-state index contributed by atoms with van der Waals surface area (Å²) in [5, 5.41) is 10.4. The minimum atomic E-state index is -3.56. The zero-order valence-electron chi connectivity index (χ0n) is 18.4. The second kappa shape index (κ2) is 10.1. The lowest BCUT2D eigenvalue weighted by Crippen LogP contribution is -2.31. The zero-order chi connectivity index (χ0) is 23.3. The first-order chi connectivity index (χ1) is 16.0. The van der Waals surface area contributed by atoms with Crippen LogP contribution in [0.15, 0.2) is 57.8 Å². The van der Waals surface area contributed by atoms with Crippen molar-refractivity contribution in [1.29, 1.82) is 0 Å². The van der Waals surface area contributed by atoms with Gasteiger partial charge < -0.3 is 9.15 Å². The van der Waals surface area contributed by atoms with Crippen LogP contribution in [0, 0.1) is 0 Å². The fourth-order valence-corrected chi connectivity index (χ4v) is 5.19. The Labute approximate surface area is 192 Å². The number of carbonyl (C=O) groups is 1. The lowest BCUT2D eigenvalue weighted by atomic mass is 10.1. The van der Waals surface area contributed by atoms with Gasteiger partial charge in [0.1, 0.15) is 5.75 Å². The highest BCUT2D eigenvalue weighted by Gasteiger charge is 2.25.